The molecule has 19 heavy (non-hydrogen) atoms. The van der Waals surface area contributed by atoms with Crippen LogP contribution < -0.4 is 0 Å². The van der Waals surface area contributed by atoms with Gasteiger partial charge in [-0.15, -0.1) is 23.2 Å². The molecule has 0 unspecified atom stereocenters. The van der Waals surface area contributed by atoms with Crippen molar-refractivity contribution in [2.24, 2.45) is 17.8 Å². The smallest absolute Gasteiger partial charge is 0.102 e. The lowest BCUT2D eigenvalue weighted by molar-refractivity contribution is 0.159. The molecule has 0 saturated heterocycles. The van der Waals surface area contributed by atoms with E-state index in [9.17, 15) is 0 Å². The van der Waals surface area contributed by atoms with E-state index in [1.54, 1.807) is 0 Å². The van der Waals surface area contributed by atoms with Gasteiger partial charge >= 0.3 is 0 Å². The highest BCUT2D eigenvalue weighted by molar-refractivity contribution is 6.48. The van der Waals surface area contributed by atoms with Gasteiger partial charge in [0.05, 0.1) is 0 Å². The highest BCUT2D eigenvalue weighted by Crippen LogP contribution is 2.46. The number of hydrogen-bond acceptors (Lipinski definition) is 0. The Hall–Kier alpha value is 0.580. The second-order valence-electron chi connectivity index (χ2n) is 6.97. The molecule has 2 saturated carbocycles. The van der Waals surface area contributed by atoms with E-state index in [0.717, 1.165) is 30.6 Å². The van der Waals surface area contributed by atoms with Crippen molar-refractivity contribution in [3.05, 3.63) is 0 Å². The molecule has 0 aromatic heterocycles. The SMILES string of the molecule is CCCCCC1CCC(C2CCC(Cl)(Cl)CC2)CC1. The van der Waals surface area contributed by atoms with Crippen LogP contribution in [0.15, 0.2) is 0 Å². The quantitative estimate of drug-likeness (QED) is 0.390. The summed E-state index contributed by atoms with van der Waals surface area (Å²) in [4.78, 5) is 0. The molecule has 0 nitrogen and oxygen atoms in total. The zero-order valence-corrected chi connectivity index (χ0v) is 14.0. The van der Waals surface area contributed by atoms with Crippen LogP contribution >= 0.6 is 23.2 Å². The third kappa shape index (κ3) is 5.12. The monoisotopic (exact) mass is 304 g/mol. The molecule has 0 aromatic rings. The number of unbranched alkanes of at least 4 members (excludes halogenated alkanes) is 2. The summed E-state index contributed by atoms with van der Waals surface area (Å²) in [7, 11) is 0. The fraction of sp³-hybridized carbons (Fsp3) is 1.00. The first kappa shape index (κ1) is 16.0. The van der Waals surface area contributed by atoms with Gasteiger partial charge in [0, 0.05) is 0 Å². The van der Waals surface area contributed by atoms with Gasteiger partial charge in [0.2, 0.25) is 0 Å². The van der Waals surface area contributed by atoms with E-state index in [1.807, 2.05) is 0 Å². The number of hydrogen-bond donors (Lipinski definition) is 0. The highest BCUT2D eigenvalue weighted by Gasteiger charge is 2.35. The Morgan fingerprint density at radius 2 is 1.42 bits per heavy atom. The number of alkyl halides is 2. The predicted octanol–water partition coefficient (Wildman–Crippen LogP) is 6.74. The van der Waals surface area contributed by atoms with Crippen molar-refractivity contribution >= 4 is 23.2 Å². The molecule has 0 heterocycles. The lowest BCUT2D eigenvalue weighted by Crippen LogP contribution is -2.29. The molecule has 0 aromatic carbocycles. The van der Waals surface area contributed by atoms with Gasteiger partial charge in [0.1, 0.15) is 4.33 Å². The van der Waals surface area contributed by atoms with Crippen molar-refractivity contribution in [3.63, 3.8) is 0 Å². The largest absolute Gasteiger partial charge is 0.118 e. The minimum atomic E-state index is -0.409. The molecule has 0 atom stereocenters. The zero-order valence-electron chi connectivity index (χ0n) is 12.5. The average molecular weight is 305 g/mol. The van der Waals surface area contributed by atoms with Gasteiger partial charge in [0.25, 0.3) is 0 Å². The molecular formula is C17H30Cl2. The molecular weight excluding hydrogens is 275 g/mol. The summed E-state index contributed by atoms with van der Waals surface area (Å²) < 4.78 is -0.409. The van der Waals surface area contributed by atoms with Crippen LogP contribution in [0.4, 0.5) is 0 Å². The summed E-state index contributed by atoms with van der Waals surface area (Å²) in [5, 5.41) is 0. The molecule has 2 heteroatoms. The second kappa shape index (κ2) is 7.55. The summed E-state index contributed by atoms with van der Waals surface area (Å²) in [5.41, 5.74) is 0. The van der Waals surface area contributed by atoms with Gasteiger partial charge in [-0.25, -0.2) is 0 Å². The maximum atomic E-state index is 6.24. The van der Waals surface area contributed by atoms with Crippen LogP contribution in [0.2, 0.25) is 0 Å². The number of halogens is 2. The van der Waals surface area contributed by atoms with Crippen molar-refractivity contribution in [3.8, 4) is 0 Å². The summed E-state index contributed by atoms with van der Waals surface area (Å²) in [5.74, 6) is 2.93. The van der Waals surface area contributed by atoms with E-state index < -0.39 is 4.33 Å². The highest BCUT2D eigenvalue weighted by atomic mass is 35.5. The maximum absolute atomic E-state index is 6.24. The van der Waals surface area contributed by atoms with E-state index in [2.05, 4.69) is 6.92 Å². The first-order valence-electron chi connectivity index (χ1n) is 8.48. The Morgan fingerprint density at radius 1 is 0.842 bits per heavy atom. The van der Waals surface area contributed by atoms with Gasteiger partial charge in [-0.1, -0.05) is 45.4 Å². The zero-order chi connectivity index (χ0) is 13.7. The molecule has 2 aliphatic carbocycles. The third-order valence-corrected chi connectivity index (χ3v) is 6.29. The third-order valence-electron chi connectivity index (χ3n) is 5.54. The van der Waals surface area contributed by atoms with Crippen LogP contribution in [0.25, 0.3) is 0 Å². The lowest BCUT2D eigenvalue weighted by atomic mass is 9.70. The molecule has 112 valence electrons. The van der Waals surface area contributed by atoms with Gasteiger partial charge in [-0.05, 0) is 56.3 Å². The van der Waals surface area contributed by atoms with Crippen LogP contribution in [0.1, 0.15) is 84.0 Å². The van der Waals surface area contributed by atoms with E-state index in [-0.39, 0.29) is 0 Å². The molecule has 2 fully saturated rings. The minimum absolute atomic E-state index is 0.409. The van der Waals surface area contributed by atoms with Gasteiger partial charge in [-0.2, -0.15) is 0 Å². The summed E-state index contributed by atoms with van der Waals surface area (Å²) >= 11 is 12.5. The summed E-state index contributed by atoms with van der Waals surface area (Å²) in [6, 6.07) is 0. The van der Waals surface area contributed by atoms with Crippen molar-refractivity contribution < 1.29 is 0 Å². The first-order chi connectivity index (χ1) is 9.11. The van der Waals surface area contributed by atoms with Crippen molar-refractivity contribution in [2.75, 3.05) is 0 Å². The average Bonchev–Trinajstić information content (AvgIpc) is 2.40. The Kier molecular flexibility index (Phi) is 6.34. The van der Waals surface area contributed by atoms with Crippen LogP contribution in [-0.4, -0.2) is 4.33 Å². The Bertz CT molecular complexity index is 244. The predicted molar refractivity (Wildman–Crippen MR) is 86.0 cm³/mol. The van der Waals surface area contributed by atoms with Crippen LogP contribution in [0.5, 0.6) is 0 Å². The van der Waals surface area contributed by atoms with E-state index >= 15 is 0 Å². The normalized spacial score (nSPS) is 32.4. The number of rotatable bonds is 5. The van der Waals surface area contributed by atoms with Crippen LogP contribution in [0.3, 0.4) is 0 Å². The van der Waals surface area contributed by atoms with E-state index in [0.29, 0.717) is 0 Å². The van der Waals surface area contributed by atoms with Crippen molar-refractivity contribution in [2.45, 2.75) is 88.3 Å². The maximum Gasteiger partial charge on any atom is 0.118 e. The Labute approximate surface area is 129 Å². The molecule has 0 bridgehead atoms. The van der Waals surface area contributed by atoms with Crippen molar-refractivity contribution in [1.82, 2.24) is 0 Å². The molecule has 0 spiro atoms. The lowest BCUT2D eigenvalue weighted by Gasteiger charge is -2.38. The molecule has 0 amide bonds. The molecule has 2 rings (SSSR count). The summed E-state index contributed by atoms with van der Waals surface area (Å²) in [6.07, 6.45) is 16.2. The fourth-order valence-electron chi connectivity index (χ4n) is 4.17. The summed E-state index contributed by atoms with van der Waals surface area (Å²) in [6.45, 7) is 2.30. The molecule has 0 aliphatic heterocycles. The molecule has 0 radical (unpaired) electrons. The topological polar surface area (TPSA) is 0 Å². The van der Waals surface area contributed by atoms with Crippen LogP contribution in [-0.2, 0) is 0 Å². The van der Waals surface area contributed by atoms with Gasteiger partial charge in [-0.3, -0.25) is 0 Å². The van der Waals surface area contributed by atoms with Crippen LogP contribution in [0, 0.1) is 17.8 Å². The molecule has 0 N–H and O–H groups in total. The van der Waals surface area contributed by atoms with Gasteiger partial charge < -0.3 is 0 Å². The molecule has 2 aliphatic rings. The van der Waals surface area contributed by atoms with E-state index in [4.69, 9.17) is 23.2 Å². The fourth-order valence-corrected chi connectivity index (χ4v) is 4.60. The second-order valence-corrected chi connectivity index (χ2v) is 8.61. The Balaban J connectivity index is 1.66. The Morgan fingerprint density at radius 3 is 2.00 bits per heavy atom. The minimum Gasteiger partial charge on any atom is -0.102 e. The first-order valence-corrected chi connectivity index (χ1v) is 9.24. The standard InChI is InChI=1S/C17H30Cl2/c1-2-3-4-5-14-6-8-15(9-7-14)16-10-12-17(18,19)13-11-16/h14-16H,2-13H2,1H3. The van der Waals surface area contributed by atoms with E-state index in [1.165, 1.54) is 64.2 Å². The van der Waals surface area contributed by atoms with Crippen molar-refractivity contribution in [1.29, 1.82) is 0 Å². The van der Waals surface area contributed by atoms with Gasteiger partial charge in [0.15, 0.2) is 0 Å².